The van der Waals surface area contributed by atoms with E-state index in [1.54, 1.807) is 11.3 Å². The summed E-state index contributed by atoms with van der Waals surface area (Å²) in [5.41, 5.74) is 1.68. The number of rotatable bonds is 3. The molecule has 1 aromatic heterocycles. The lowest BCUT2D eigenvalue weighted by molar-refractivity contribution is -0.133. The van der Waals surface area contributed by atoms with E-state index in [9.17, 15) is 4.79 Å². The normalized spacial score (nSPS) is 25.2. The van der Waals surface area contributed by atoms with Crippen molar-refractivity contribution in [3.05, 3.63) is 51.7 Å². The highest BCUT2D eigenvalue weighted by molar-refractivity contribution is 7.09. The van der Waals surface area contributed by atoms with Crippen LogP contribution in [0.2, 0.25) is 0 Å². The van der Waals surface area contributed by atoms with Crippen LogP contribution in [0, 0.1) is 12.8 Å². The summed E-state index contributed by atoms with van der Waals surface area (Å²) >= 11 is 1.67. The van der Waals surface area contributed by atoms with Crippen molar-refractivity contribution in [3.63, 3.8) is 0 Å². The molecule has 3 heterocycles. The zero-order chi connectivity index (χ0) is 16.9. The first-order chi connectivity index (χ1) is 11.5. The third-order valence-electron chi connectivity index (χ3n) is 5.12. The molecule has 24 heavy (non-hydrogen) atoms. The van der Waals surface area contributed by atoms with Crippen LogP contribution in [0.25, 0.3) is 0 Å². The summed E-state index contributed by atoms with van der Waals surface area (Å²) < 4.78 is 6.51. The summed E-state index contributed by atoms with van der Waals surface area (Å²) in [6.07, 6.45) is 0.776. The van der Waals surface area contributed by atoms with Gasteiger partial charge in [0.2, 0.25) is 0 Å². The van der Waals surface area contributed by atoms with Crippen molar-refractivity contribution >= 4 is 17.4 Å². The van der Waals surface area contributed by atoms with E-state index in [-0.39, 0.29) is 18.0 Å². The van der Waals surface area contributed by atoms with Gasteiger partial charge in [-0.15, -0.1) is 11.3 Å². The minimum Gasteiger partial charge on any atom is -0.467 e. The first-order valence-electron chi connectivity index (χ1n) is 8.40. The lowest BCUT2D eigenvalue weighted by Crippen LogP contribution is -2.67. The molecular weight excluding hydrogens is 320 g/mol. The SMILES string of the molecule is Cc1ccc2c(c1)C1CC(C(C)C)(O2)N(Cc2cccs2)C(=O)N1. The van der Waals surface area contributed by atoms with Gasteiger partial charge in [-0.3, -0.25) is 4.90 Å². The summed E-state index contributed by atoms with van der Waals surface area (Å²) in [5.74, 6) is 1.09. The summed E-state index contributed by atoms with van der Waals surface area (Å²) in [5, 5.41) is 5.23. The van der Waals surface area contributed by atoms with Crippen LogP contribution in [0.1, 0.15) is 42.3 Å². The predicted molar refractivity (Wildman–Crippen MR) is 95.1 cm³/mol. The number of fused-ring (bicyclic) bond motifs is 4. The quantitative estimate of drug-likeness (QED) is 0.895. The summed E-state index contributed by atoms with van der Waals surface area (Å²) in [6.45, 7) is 6.92. The van der Waals surface area contributed by atoms with Crippen LogP contribution in [0.3, 0.4) is 0 Å². The van der Waals surface area contributed by atoms with Gasteiger partial charge in [0.25, 0.3) is 0 Å². The molecule has 4 rings (SSSR count). The fourth-order valence-corrected chi connectivity index (χ4v) is 4.48. The Hall–Kier alpha value is -2.01. The average Bonchev–Trinajstić information content (AvgIpc) is 3.05. The standard InChI is InChI=1S/C19H22N2O2S/c1-12(2)19-10-16(15-9-13(3)6-7-17(15)23-19)20-18(22)21(19)11-14-5-4-8-24-14/h4-9,12,16H,10-11H2,1-3H3,(H,20,22). The number of ether oxygens (including phenoxy) is 1. The highest BCUT2D eigenvalue weighted by atomic mass is 32.1. The number of nitrogens with one attached hydrogen (secondary N) is 1. The van der Waals surface area contributed by atoms with Crippen molar-refractivity contribution in [3.8, 4) is 5.75 Å². The zero-order valence-electron chi connectivity index (χ0n) is 14.2. The van der Waals surface area contributed by atoms with Crippen LogP contribution < -0.4 is 10.1 Å². The summed E-state index contributed by atoms with van der Waals surface area (Å²) in [7, 11) is 0. The molecule has 2 atom stereocenters. The molecule has 1 N–H and O–H groups in total. The number of amides is 2. The summed E-state index contributed by atoms with van der Waals surface area (Å²) in [6, 6.07) is 10.3. The molecule has 1 fully saturated rings. The molecule has 1 saturated heterocycles. The van der Waals surface area contributed by atoms with E-state index in [1.807, 2.05) is 22.4 Å². The number of hydrogen-bond donors (Lipinski definition) is 1. The molecule has 0 spiro atoms. The minimum atomic E-state index is -0.598. The van der Waals surface area contributed by atoms with E-state index >= 15 is 0 Å². The van der Waals surface area contributed by atoms with Crippen molar-refractivity contribution < 1.29 is 9.53 Å². The van der Waals surface area contributed by atoms with Crippen LogP contribution in [0.4, 0.5) is 4.79 Å². The highest BCUT2D eigenvalue weighted by Gasteiger charge is 2.54. The number of hydrogen-bond acceptors (Lipinski definition) is 3. The van der Waals surface area contributed by atoms with Gasteiger partial charge in [-0.05, 0) is 24.4 Å². The number of aryl methyl sites for hydroxylation is 1. The van der Waals surface area contributed by atoms with E-state index in [2.05, 4.69) is 44.3 Å². The number of carbonyl (C=O) groups is 1. The maximum atomic E-state index is 12.9. The van der Waals surface area contributed by atoms with Gasteiger partial charge >= 0.3 is 6.03 Å². The Morgan fingerprint density at radius 1 is 1.42 bits per heavy atom. The fourth-order valence-electron chi connectivity index (χ4n) is 3.79. The van der Waals surface area contributed by atoms with E-state index in [1.165, 1.54) is 10.4 Å². The third kappa shape index (κ3) is 2.30. The molecular formula is C19H22N2O2S. The smallest absolute Gasteiger partial charge is 0.321 e. The number of thiophene rings is 1. The molecule has 126 valence electrons. The lowest BCUT2D eigenvalue weighted by atomic mass is 9.82. The molecule has 2 aliphatic heterocycles. The van der Waals surface area contributed by atoms with Gasteiger partial charge in [0.05, 0.1) is 12.6 Å². The van der Waals surface area contributed by atoms with E-state index < -0.39 is 5.72 Å². The fraction of sp³-hybridized carbons (Fsp3) is 0.421. The van der Waals surface area contributed by atoms with Gasteiger partial charge in [-0.25, -0.2) is 4.79 Å². The van der Waals surface area contributed by atoms with E-state index in [0.717, 1.165) is 17.7 Å². The van der Waals surface area contributed by atoms with Crippen LogP contribution in [0.15, 0.2) is 35.7 Å². The molecule has 4 nitrogen and oxygen atoms in total. The first kappa shape index (κ1) is 15.5. The molecule has 2 aliphatic rings. The topological polar surface area (TPSA) is 41.6 Å². The molecule has 2 amide bonds. The van der Waals surface area contributed by atoms with Gasteiger partial charge in [0.15, 0.2) is 5.72 Å². The largest absolute Gasteiger partial charge is 0.467 e. The third-order valence-corrected chi connectivity index (χ3v) is 5.98. The van der Waals surface area contributed by atoms with Crippen LogP contribution in [-0.2, 0) is 6.54 Å². The Morgan fingerprint density at radius 3 is 2.96 bits per heavy atom. The molecule has 0 radical (unpaired) electrons. The monoisotopic (exact) mass is 342 g/mol. The van der Waals surface area contributed by atoms with E-state index in [0.29, 0.717) is 6.54 Å². The van der Waals surface area contributed by atoms with E-state index in [4.69, 9.17) is 4.74 Å². The highest BCUT2D eigenvalue weighted by Crippen LogP contribution is 2.48. The number of nitrogens with zero attached hydrogens (tertiary/aromatic N) is 1. The molecule has 2 unspecified atom stereocenters. The maximum Gasteiger partial charge on any atom is 0.321 e. The van der Waals surface area contributed by atoms with Crippen LogP contribution in [-0.4, -0.2) is 16.7 Å². The van der Waals surface area contributed by atoms with Crippen molar-refractivity contribution in [2.45, 2.75) is 45.5 Å². The number of carbonyl (C=O) groups excluding carboxylic acids is 1. The second-order valence-corrected chi connectivity index (χ2v) is 8.05. The van der Waals surface area contributed by atoms with Gasteiger partial charge in [0, 0.05) is 22.8 Å². The van der Waals surface area contributed by atoms with Crippen LogP contribution in [0.5, 0.6) is 5.75 Å². The predicted octanol–water partition coefficient (Wildman–Crippen LogP) is 4.46. The molecule has 2 bridgehead atoms. The Labute approximate surface area is 146 Å². The van der Waals surface area contributed by atoms with Crippen molar-refractivity contribution in [1.82, 2.24) is 10.2 Å². The molecule has 1 aromatic carbocycles. The van der Waals surface area contributed by atoms with Crippen molar-refractivity contribution in [2.24, 2.45) is 5.92 Å². The molecule has 0 saturated carbocycles. The van der Waals surface area contributed by atoms with Gasteiger partial charge in [-0.1, -0.05) is 37.6 Å². The Balaban J connectivity index is 1.78. The maximum absolute atomic E-state index is 12.9. The van der Waals surface area contributed by atoms with Crippen molar-refractivity contribution in [1.29, 1.82) is 0 Å². The Bertz CT molecular complexity index is 772. The second-order valence-electron chi connectivity index (χ2n) is 7.01. The molecule has 5 heteroatoms. The van der Waals surface area contributed by atoms with Gasteiger partial charge in [-0.2, -0.15) is 0 Å². The second kappa shape index (κ2) is 5.52. The lowest BCUT2D eigenvalue weighted by Gasteiger charge is -2.54. The summed E-state index contributed by atoms with van der Waals surface area (Å²) in [4.78, 5) is 15.9. The average molecular weight is 342 g/mol. The Kier molecular flexibility index (Phi) is 3.57. The van der Waals surface area contributed by atoms with Gasteiger partial charge < -0.3 is 10.1 Å². The molecule has 2 aromatic rings. The van der Waals surface area contributed by atoms with Crippen molar-refractivity contribution in [2.75, 3.05) is 0 Å². The number of urea groups is 1. The Morgan fingerprint density at radius 2 is 2.25 bits per heavy atom. The first-order valence-corrected chi connectivity index (χ1v) is 9.27. The van der Waals surface area contributed by atoms with Crippen LogP contribution >= 0.6 is 11.3 Å². The number of benzene rings is 1. The molecule has 0 aliphatic carbocycles. The van der Waals surface area contributed by atoms with Gasteiger partial charge in [0.1, 0.15) is 5.75 Å². The zero-order valence-corrected chi connectivity index (χ0v) is 15.0. The minimum absolute atomic E-state index is 0.0168.